The first-order valence-corrected chi connectivity index (χ1v) is 12.2. The zero-order chi connectivity index (χ0) is 24.6. The van der Waals surface area contributed by atoms with Crippen molar-refractivity contribution in [2.45, 2.75) is 13.8 Å². The predicted octanol–water partition coefficient (Wildman–Crippen LogP) is 5.87. The summed E-state index contributed by atoms with van der Waals surface area (Å²) in [5, 5.41) is 13.8. The molecule has 2 aliphatic heterocycles. The quantitative estimate of drug-likeness (QED) is 0.480. The summed E-state index contributed by atoms with van der Waals surface area (Å²) in [4.78, 5) is 21.3. The summed E-state index contributed by atoms with van der Waals surface area (Å²) in [6, 6.07) is 22.4. The van der Waals surface area contributed by atoms with E-state index in [0.717, 1.165) is 65.8 Å². The number of anilines is 2. The van der Waals surface area contributed by atoms with Gasteiger partial charge in [0.2, 0.25) is 0 Å². The Kier molecular flexibility index (Phi) is 6.26. The lowest BCUT2D eigenvalue weighted by Gasteiger charge is -2.39. The molecule has 2 N–H and O–H groups in total. The molecule has 5 rings (SSSR count). The fraction of sp³-hybridized carbons (Fsp3) is 0.286. The monoisotopic (exact) mass is 488 g/mol. The zero-order valence-electron chi connectivity index (χ0n) is 20.0. The molecule has 6 nitrogen and oxygen atoms in total. The normalized spacial score (nSPS) is 16.0. The van der Waals surface area contributed by atoms with Crippen LogP contribution in [-0.2, 0) is 4.79 Å². The van der Waals surface area contributed by atoms with Crippen LogP contribution >= 0.6 is 11.6 Å². The van der Waals surface area contributed by atoms with E-state index < -0.39 is 11.4 Å². The number of hydrogen-bond acceptors (Lipinski definition) is 5. The molecule has 1 saturated heterocycles. The van der Waals surface area contributed by atoms with Gasteiger partial charge in [0.15, 0.2) is 0 Å². The van der Waals surface area contributed by atoms with Crippen molar-refractivity contribution in [3.63, 3.8) is 0 Å². The Bertz CT molecular complexity index is 1280. The van der Waals surface area contributed by atoms with E-state index in [-0.39, 0.29) is 0 Å². The number of halogens is 1. The third-order valence-corrected chi connectivity index (χ3v) is 6.96. The number of aliphatic carboxylic acids is 1. The second-order valence-corrected chi connectivity index (χ2v) is 10.2. The number of benzene rings is 3. The Morgan fingerprint density at radius 2 is 1.66 bits per heavy atom. The summed E-state index contributed by atoms with van der Waals surface area (Å²) in [5.41, 5.74) is 5.34. The lowest BCUT2D eigenvalue weighted by molar-refractivity contribution is -0.148. The number of piperazine rings is 1. The number of nitrogens with zero attached hydrogens (tertiary/aromatic N) is 3. The molecule has 0 amide bonds. The van der Waals surface area contributed by atoms with Crippen molar-refractivity contribution in [3.8, 4) is 11.1 Å². The van der Waals surface area contributed by atoms with Gasteiger partial charge >= 0.3 is 5.97 Å². The van der Waals surface area contributed by atoms with Crippen molar-refractivity contribution in [3.05, 3.63) is 77.3 Å². The second kappa shape index (κ2) is 9.36. The number of hydrogen-bond donors (Lipinski definition) is 2. The Labute approximate surface area is 210 Å². The molecule has 0 bridgehead atoms. The fourth-order valence-electron chi connectivity index (χ4n) is 4.64. The highest BCUT2D eigenvalue weighted by atomic mass is 35.5. The van der Waals surface area contributed by atoms with Crippen molar-refractivity contribution >= 4 is 40.5 Å². The van der Waals surface area contributed by atoms with E-state index in [1.807, 2.05) is 36.4 Å². The van der Waals surface area contributed by atoms with E-state index in [1.165, 1.54) is 0 Å². The van der Waals surface area contributed by atoms with Crippen LogP contribution < -0.4 is 5.32 Å². The highest BCUT2D eigenvalue weighted by molar-refractivity contribution is 6.30. The van der Waals surface area contributed by atoms with Crippen LogP contribution in [0.5, 0.6) is 0 Å². The van der Waals surface area contributed by atoms with Gasteiger partial charge in [-0.15, -0.1) is 0 Å². The Hall–Kier alpha value is -3.35. The van der Waals surface area contributed by atoms with Crippen LogP contribution in [-0.4, -0.2) is 59.4 Å². The van der Waals surface area contributed by atoms with E-state index in [2.05, 4.69) is 45.4 Å². The van der Waals surface area contributed by atoms with Crippen molar-refractivity contribution in [2.24, 2.45) is 10.4 Å². The highest BCUT2D eigenvalue weighted by Gasteiger charge is 2.32. The van der Waals surface area contributed by atoms with Gasteiger partial charge in [0, 0.05) is 49.0 Å². The van der Waals surface area contributed by atoms with Gasteiger partial charge in [-0.05, 0) is 61.4 Å². The first-order chi connectivity index (χ1) is 16.8. The van der Waals surface area contributed by atoms with Crippen LogP contribution in [0.15, 0.2) is 71.7 Å². The summed E-state index contributed by atoms with van der Waals surface area (Å²) >= 11 is 6.08. The smallest absolute Gasteiger partial charge is 0.310 e. The molecule has 0 radical (unpaired) electrons. The number of rotatable bonds is 4. The molecule has 0 aromatic heterocycles. The van der Waals surface area contributed by atoms with Gasteiger partial charge in [0.1, 0.15) is 5.84 Å². The molecular formula is C28H29ClN4O2. The second-order valence-electron chi connectivity index (χ2n) is 9.80. The Morgan fingerprint density at radius 3 is 2.37 bits per heavy atom. The SMILES string of the molecule is CC(C)(CN1CCN(C2=Nc3cc(-c4ccc(Cl)cc4)ccc3Nc3ccccc32)CC1)C(=O)O. The largest absolute Gasteiger partial charge is 0.481 e. The van der Waals surface area contributed by atoms with Crippen molar-refractivity contribution in [2.75, 3.05) is 38.0 Å². The minimum atomic E-state index is -0.768. The maximum atomic E-state index is 11.6. The number of fused-ring (bicyclic) bond motifs is 2. The summed E-state index contributed by atoms with van der Waals surface area (Å²) in [7, 11) is 0. The summed E-state index contributed by atoms with van der Waals surface area (Å²) in [5.74, 6) is 0.179. The van der Waals surface area contributed by atoms with Gasteiger partial charge in [-0.25, -0.2) is 4.99 Å². The zero-order valence-corrected chi connectivity index (χ0v) is 20.7. The van der Waals surface area contributed by atoms with E-state index in [4.69, 9.17) is 16.6 Å². The number of amidine groups is 1. The number of nitrogens with one attached hydrogen (secondary N) is 1. The molecule has 1 fully saturated rings. The Morgan fingerprint density at radius 1 is 0.971 bits per heavy atom. The average Bonchev–Trinajstić information content (AvgIpc) is 3.01. The van der Waals surface area contributed by atoms with Crippen molar-refractivity contribution < 1.29 is 9.90 Å². The molecule has 3 aromatic rings. The summed E-state index contributed by atoms with van der Waals surface area (Å²) in [6.45, 7) is 7.27. The molecule has 180 valence electrons. The van der Waals surface area contributed by atoms with Crippen LogP contribution in [0.25, 0.3) is 11.1 Å². The van der Waals surface area contributed by atoms with E-state index >= 15 is 0 Å². The molecule has 0 saturated carbocycles. The summed E-state index contributed by atoms with van der Waals surface area (Å²) in [6.07, 6.45) is 0. The van der Waals surface area contributed by atoms with Gasteiger partial charge in [-0.1, -0.05) is 41.9 Å². The predicted molar refractivity (Wildman–Crippen MR) is 142 cm³/mol. The van der Waals surface area contributed by atoms with E-state index in [9.17, 15) is 9.90 Å². The number of para-hydroxylation sites is 1. The maximum Gasteiger partial charge on any atom is 0.310 e. The maximum absolute atomic E-state index is 11.6. The third kappa shape index (κ3) is 4.90. The first-order valence-electron chi connectivity index (χ1n) is 11.9. The number of carboxylic acid groups (broad SMARTS) is 1. The van der Waals surface area contributed by atoms with E-state index in [0.29, 0.717) is 11.6 Å². The minimum Gasteiger partial charge on any atom is -0.481 e. The molecule has 2 heterocycles. The molecule has 2 aliphatic rings. The minimum absolute atomic E-state index is 0.536. The molecule has 0 aliphatic carbocycles. The van der Waals surface area contributed by atoms with Crippen LogP contribution in [0.1, 0.15) is 19.4 Å². The number of aliphatic imine (C=N–C) groups is 1. The third-order valence-electron chi connectivity index (χ3n) is 6.71. The summed E-state index contributed by atoms with van der Waals surface area (Å²) < 4.78 is 0. The molecule has 3 aromatic carbocycles. The average molecular weight is 489 g/mol. The fourth-order valence-corrected chi connectivity index (χ4v) is 4.77. The number of carboxylic acids is 1. The molecule has 35 heavy (non-hydrogen) atoms. The van der Waals surface area contributed by atoms with E-state index in [1.54, 1.807) is 13.8 Å². The lowest BCUT2D eigenvalue weighted by Crippen LogP contribution is -2.52. The lowest BCUT2D eigenvalue weighted by atomic mass is 9.93. The van der Waals surface area contributed by atoms with Crippen LogP contribution in [0.3, 0.4) is 0 Å². The highest BCUT2D eigenvalue weighted by Crippen LogP contribution is 2.38. The van der Waals surface area contributed by atoms with Crippen LogP contribution in [0, 0.1) is 5.41 Å². The Balaban J connectivity index is 1.46. The van der Waals surface area contributed by atoms with Gasteiger partial charge in [-0.3, -0.25) is 9.69 Å². The molecule has 0 unspecified atom stereocenters. The first kappa shape index (κ1) is 23.4. The molecule has 7 heteroatoms. The van der Waals surface area contributed by atoms with Crippen molar-refractivity contribution in [1.82, 2.24) is 9.80 Å². The van der Waals surface area contributed by atoms with Gasteiger partial charge < -0.3 is 15.3 Å². The topological polar surface area (TPSA) is 68.2 Å². The van der Waals surface area contributed by atoms with Crippen LogP contribution in [0.2, 0.25) is 5.02 Å². The molecule has 0 spiro atoms. The number of carbonyl (C=O) groups is 1. The standard InChI is InChI=1S/C28H29ClN4O2/c1-28(2,27(34)35)18-32-13-15-33(16-14-32)26-22-5-3-4-6-23(22)30-24-12-9-20(17-25(24)31-26)19-7-10-21(29)11-8-19/h3-12,17,30H,13-16,18H2,1-2H3,(H,34,35). The van der Waals surface area contributed by atoms with Crippen LogP contribution in [0.4, 0.5) is 17.1 Å². The van der Waals surface area contributed by atoms with Crippen molar-refractivity contribution in [1.29, 1.82) is 0 Å². The molecular weight excluding hydrogens is 460 g/mol. The van der Waals surface area contributed by atoms with Gasteiger partial charge in [0.25, 0.3) is 0 Å². The molecule has 0 atom stereocenters. The van der Waals surface area contributed by atoms with Gasteiger partial charge in [-0.2, -0.15) is 0 Å². The van der Waals surface area contributed by atoms with Gasteiger partial charge in [0.05, 0.1) is 16.8 Å².